The molecular weight excluding hydrogens is 316 g/mol. The quantitative estimate of drug-likeness (QED) is 0.839. The highest BCUT2D eigenvalue weighted by Gasteiger charge is 2.23. The highest BCUT2D eigenvalue weighted by molar-refractivity contribution is 5.34. The maximum Gasteiger partial charge on any atom is 0.255 e. The lowest BCUT2D eigenvalue weighted by Crippen LogP contribution is -2.38. The molecule has 1 aliphatic carbocycles. The smallest absolute Gasteiger partial charge is 0.255 e. The van der Waals surface area contributed by atoms with Crippen LogP contribution in [0.15, 0.2) is 16.9 Å². The van der Waals surface area contributed by atoms with Crippen molar-refractivity contribution < 1.29 is 4.74 Å². The molecule has 1 saturated heterocycles. The minimum atomic E-state index is 0.0499. The molecule has 0 bridgehead atoms. The molecule has 0 radical (unpaired) electrons. The van der Waals surface area contributed by atoms with Gasteiger partial charge >= 0.3 is 0 Å². The molecule has 1 N–H and O–H groups in total. The number of nitrogens with one attached hydrogen (secondary N) is 1. The number of rotatable bonds is 3. The molecule has 1 fully saturated rings. The van der Waals surface area contributed by atoms with E-state index in [4.69, 9.17) is 9.72 Å². The number of ether oxygens (including phenoxy) is 1. The molecule has 6 nitrogen and oxygen atoms in total. The summed E-state index contributed by atoms with van der Waals surface area (Å²) in [4.78, 5) is 25.1. The van der Waals surface area contributed by atoms with Crippen molar-refractivity contribution >= 4 is 5.95 Å². The number of H-pyrrole nitrogens is 1. The molecule has 25 heavy (non-hydrogen) atoms. The Bertz CT molecular complexity index is 678. The lowest BCUT2D eigenvalue weighted by atomic mass is 9.94. The molecule has 136 valence electrons. The van der Waals surface area contributed by atoms with Crippen LogP contribution in [0.2, 0.25) is 0 Å². The van der Waals surface area contributed by atoms with Crippen LogP contribution in [-0.2, 0) is 17.6 Å². The van der Waals surface area contributed by atoms with Crippen LogP contribution in [0.4, 0.5) is 5.95 Å². The van der Waals surface area contributed by atoms with Crippen molar-refractivity contribution in [1.29, 1.82) is 0 Å². The number of nitrogens with zero attached hydrogens (tertiary/aromatic N) is 3. The Labute approximate surface area is 148 Å². The zero-order valence-corrected chi connectivity index (χ0v) is 14.9. The molecule has 0 unspecified atom stereocenters. The second-order valence-corrected chi connectivity index (χ2v) is 7.37. The Morgan fingerprint density at radius 1 is 1.16 bits per heavy atom. The van der Waals surface area contributed by atoms with Crippen LogP contribution in [-0.4, -0.2) is 60.8 Å². The van der Waals surface area contributed by atoms with Gasteiger partial charge in [0, 0.05) is 44.7 Å². The number of allylic oxidation sites excluding steroid dienone is 2. The van der Waals surface area contributed by atoms with Gasteiger partial charge in [-0.2, -0.15) is 0 Å². The van der Waals surface area contributed by atoms with Gasteiger partial charge in [0.2, 0.25) is 5.95 Å². The fourth-order valence-electron chi connectivity index (χ4n) is 4.14. The maximum absolute atomic E-state index is 12.6. The Balaban J connectivity index is 1.46. The molecule has 0 aromatic carbocycles. The molecule has 1 aromatic rings. The molecule has 3 heterocycles. The Kier molecular flexibility index (Phi) is 5.17. The molecule has 0 saturated carbocycles. The van der Waals surface area contributed by atoms with E-state index < -0.39 is 0 Å². The number of hydrogen-bond donors (Lipinski definition) is 1. The molecule has 6 heteroatoms. The lowest BCUT2D eigenvalue weighted by molar-refractivity contribution is 0.122. The fraction of sp³-hybridized carbons (Fsp3) is 0.684. The van der Waals surface area contributed by atoms with Crippen LogP contribution >= 0.6 is 0 Å². The molecule has 1 atom stereocenters. The predicted molar refractivity (Wildman–Crippen MR) is 98.2 cm³/mol. The topological polar surface area (TPSA) is 61.5 Å². The number of morpholine rings is 1. The molecule has 0 spiro atoms. The van der Waals surface area contributed by atoms with Crippen molar-refractivity contribution in [2.45, 2.75) is 32.1 Å². The van der Waals surface area contributed by atoms with Gasteiger partial charge in [-0.3, -0.25) is 9.78 Å². The minimum absolute atomic E-state index is 0.0499. The van der Waals surface area contributed by atoms with E-state index in [1.807, 2.05) is 0 Å². The molecule has 2 aliphatic heterocycles. The van der Waals surface area contributed by atoms with Gasteiger partial charge in [0.15, 0.2) is 0 Å². The van der Waals surface area contributed by atoms with Gasteiger partial charge in [-0.1, -0.05) is 12.2 Å². The van der Waals surface area contributed by atoms with Crippen molar-refractivity contribution in [3.63, 3.8) is 0 Å². The summed E-state index contributed by atoms with van der Waals surface area (Å²) in [5.74, 6) is 1.49. The van der Waals surface area contributed by atoms with Crippen molar-refractivity contribution in [1.82, 2.24) is 14.9 Å². The maximum atomic E-state index is 12.6. The van der Waals surface area contributed by atoms with E-state index in [2.05, 4.69) is 26.9 Å². The first-order valence-electron chi connectivity index (χ1n) is 9.62. The average molecular weight is 344 g/mol. The molecule has 4 rings (SSSR count). The molecule has 1 aromatic heterocycles. The third-order valence-corrected chi connectivity index (χ3v) is 5.64. The van der Waals surface area contributed by atoms with E-state index in [0.29, 0.717) is 13.2 Å². The second kappa shape index (κ2) is 7.70. The number of hydrogen-bond acceptors (Lipinski definition) is 5. The average Bonchev–Trinajstić information content (AvgIpc) is 2.86. The zero-order valence-electron chi connectivity index (χ0n) is 14.9. The fourth-order valence-corrected chi connectivity index (χ4v) is 4.14. The summed E-state index contributed by atoms with van der Waals surface area (Å²) in [6, 6.07) is 0. The van der Waals surface area contributed by atoms with E-state index in [-0.39, 0.29) is 5.56 Å². The van der Waals surface area contributed by atoms with Gasteiger partial charge in [-0.05, 0) is 31.6 Å². The highest BCUT2D eigenvalue weighted by Crippen LogP contribution is 2.21. The van der Waals surface area contributed by atoms with Crippen LogP contribution in [0.5, 0.6) is 0 Å². The Morgan fingerprint density at radius 2 is 2.00 bits per heavy atom. The molecule has 0 amide bonds. The summed E-state index contributed by atoms with van der Waals surface area (Å²) in [5, 5.41) is 0. The monoisotopic (exact) mass is 344 g/mol. The van der Waals surface area contributed by atoms with Crippen LogP contribution in [0, 0.1) is 5.92 Å². The highest BCUT2D eigenvalue weighted by atomic mass is 16.5. The van der Waals surface area contributed by atoms with Gasteiger partial charge in [-0.15, -0.1) is 0 Å². The van der Waals surface area contributed by atoms with Crippen molar-refractivity contribution in [3.05, 3.63) is 33.8 Å². The van der Waals surface area contributed by atoms with E-state index in [1.165, 1.54) is 19.3 Å². The van der Waals surface area contributed by atoms with Gasteiger partial charge < -0.3 is 14.5 Å². The summed E-state index contributed by atoms with van der Waals surface area (Å²) >= 11 is 0. The van der Waals surface area contributed by atoms with Crippen molar-refractivity contribution in [3.8, 4) is 0 Å². The van der Waals surface area contributed by atoms with Crippen molar-refractivity contribution in [2.24, 2.45) is 5.92 Å². The summed E-state index contributed by atoms with van der Waals surface area (Å²) in [7, 11) is 0. The zero-order chi connectivity index (χ0) is 17.1. The van der Waals surface area contributed by atoms with E-state index in [0.717, 1.165) is 68.7 Å². The minimum Gasteiger partial charge on any atom is -0.378 e. The molecular formula is C19H28N4O2. The van der Waals surface area contributed by atoms with E-state index >= 15 is 0 Å². The first-order valence-corrected chi connectivity index (χ1v) is 9.62. The van der Waals surface area contributed by atoms with Crippen LogP contribution in [0.1, 0.15) is 30.5 Å². The number of anilines is 1. The lowest BCUT2D eigenvalue weighted by Gasteiger charge is -2.27. The van der Waals surface area contributed by atoms with Gasteiger partial charge in [0.1, 0.15) is 0 Å². The Morgan fingerprint density at radius 3 is 2.80 bits per heavy atom. The summed E-state index contributed by atoms with van der Waals surface area (Å²) in [6.07, 6.45) is 10.0. The van der Waals surface area contributed by atoms with Crippen LogP contribution in [0.3, 0.4) is 0 Å². The number of aromatic amines is 1. The SMILES string of the molecule is O=c1[nH]c(N2CCOCC2)nc2c1CCN(C[C@@H]1CC=CCC1)CC2. The number of aromatic nitrogens is 2. The third-order valence-electron chi connectivity index (χ3n) is 5.64. The second-order valence-electron chi connectivity index (χ2n) is 7.37. The van der Waals surface area contributed by atoms with Crippen molar-refractivity contribution in [2.75, 3.05) is 50.8 Å². The van der Waals surface area contributed by atoms with Crippen LogP contribution < -0.4 is 10.5 Å². The normalized spacial score (nSPS) is 24.8. The summed E-state index contributed by atoms with van der Waals surface area (Å²) in [5.41, 5.74) is 1.94. The van der Waals surface area contributed by atoms with Gasteiger partial charge in [0.25, 0.3) is 5.56 Å². The van der Waals surface area contributed by atoms with Gasteiger partial charge in [-0.25, -0.2) is 4.98 Å². The first-order chi connectivity index (χ1) is 12.3. The first kappa shape index (κ1) is 16.8. The van der Waals surface area contributed by atoms with Crippen LogP contribution in [0.25, 0.3) is 0 Å². The predicted octanol–water partition coefficient (Wildman–Crippen LogP) is 1.36. The third kappa shape index (κ3) is 3.96. The molecule has 3 aliphatic rings. The Hall–Kier alpha value is -1.66. The van der Waals surface area contributed by atoms with Gasteiger partial charge in [0.05, 0.1) is 18.9 Å². The summed E-state index contributed by atoms with van der Waals surface area (Å²) in [6.45, 7) is 6.11. The largest absolute Gasteiger partial charge is 0.378 e. The summed E-state index contributed by atoms with van der Waals surface area (Å²) < 4.78 is 5.40. The standard InChI is InChI=1S/C19H28N4O2/c24-18-16-6-8-22(14-15-4-2-1-3-5-15)9-7-17(16)20-19(21-18)23-10-12-25-13-11-23/h1-2,15H,3-14H2,(H,20,21,24)/t15-/m1/s1. The van der Waals surface area contributed by atoms with E-state index in [9.17, 15) is 4.79 Å². The van der Waals surface area contributed by atoms with E-state index in [1.54, 1.807) is 0 Å². The number of fused-ring (bicyclic) bond motifs is 1.